The smallest absolute Gasteiger partial charge is 0.255 e. The average molecular weight is 359 g/mol. The predicted octanol–water partition coefficient (Wildman–Crippen LogP) is 5.08. The standard InChI is InChI=1S/C23H21NO3/c1-2-15-26-22-10-6-9-20(16-22)24-23(25)19-11-13-21(14-12-19)27-17-18-7-4-3-5-8-18/h2-14,16H,1,15,17H2,(H,24,25). The van der Waals surface area contributed by atoms with Gasteiger partial charge in [0.15, 0.2) is 0 Å². The zero-order chi connectivity index (χ0) is 18.9. The van der Waals surface area contributed by atoms with Crippen molar-refractivity contribution in [1.29, 1.82) is 0 Å². The molecule has 0 aliphatic heterocycles. The number of carbonyl (C=O) groups excluding carboxylic acids is 1. The Hall–Kier alpha value is -3.53. The summed E-state index contributed by atoms with van der Waals surface area (Å²) in [6, 6.07) is 24.3. The molecule has 27 heavy (non-hydrogen) atoms. The molecule has 3 aromatic carbocycles. The van der Waals surface area contributed by atoms with Crippen molar-refractivity contribution in [3.05, 3.63) is 103 Å². The summed E-state index contributed by atoms with van der Waals surface area (Å²) >= 11 is 0. The van der Waals surface area contributed by atoms with E-state index in [1.165, 1.54) is 0 Å². The van der Waals surface area contributed by atoms with E-state index in [2.05, 4.69) is 11.9 Å². The van der Waals surface area contributed by atoms with E-state index < -0.39 is 0 Å². The van der Waals surface area contributed by atoms with E-state index in [4.69, 9.17) is 9.47 Å². The maximum Gasteiger partial charge on any atom is 0.255 e. The van der Waals surface area contributed by atoms with E-state index in [1.54, 1.807) is 36.4 Å². The lowest BCUT2D eigenvalue weighted by Gasteiger charge is -2.09. The van der Waals surface area contributed by atoms with Gasteiger partial charge in [-0.25, -0.2) is 0 Å². The number of anilines is 1. The summed E-state index contributed by atoms with van der Waals surface area (Å²) in [7, 11) is 0. The molecule has 0 saturated carbocycles. The highest BCUT2D eigenvalue weighted by Crippen LogP contribution is 2.19. The Kier molecular flexibility index (Phi) is 6.26. The minimum Gasteiger partial charge on any atom is -0.489 e. The van der Waals surface area contributed by atoms with Crippen LogP contribution >= 0.6 is 0 Å². The number of ether oxygens (including phenoxy) is 2. The SMILES string of the molecule is C=CCOc1cccc(NC(=O)c2ccc(OCc3ccccc3)cc2)c1. The summed E-state index contributed by atoms with van der Waals surface area (Å²) in [4.78, 5) is 12.4. The first kappa shape index (κ1) is 18.3. The third-order valence-electron chi connectivity index (χ3n) is 3.82. The van der Waals surface area contributed by atoms with E-state index in [0.717, 1.165) is 11.3 Å². The Labute approximate surface area is 159 Å². The number of amides is 1. The molecule has 0 bridgehead atoms. The zero-order valence-corrected chi connectivity index (χ0v) is 14.9. The maximum absolute atomic E-state index is 12.4. The molecule has 0 atom stereocenters. The van der Waals surface area contributed by atoms with Crippen LogP contribution in [0.25, 0.3) is 0 Å². The van der Waals surface area contributed by atoms with Gasteiger partial charge in [-0.1, -0.05) is 49.1 Å². The van der Waals surface area contributed by atoms with Gasteiger partial charge in [-0.05, 0) is 42.0 Å². The van der Waals surface area contributed by atoms with Crippen LogP contribution < -0.4 is 14.8 Å². The second-order valence-electron chi connectivity index (χ2n) is 5.88. The lowest BCUT2D eigenvalue weighted by molar-refractivity contribution is 0.102. The highest BCUT2D eigenvalue weighted by atomic mass is 16.5. The van der Waals surface area contributed by atoms with Crippen LogP contribution in [0.3, 0.4) is 0 Å². The Morgan fingerprint density at radius 2 is 1.67 bits per heavy atom. The minimum absolute atomic E-state index is 0.189. The maximum atomic E-state index is 12.4. The van der Waals surface area contributed by atoms with Crippen LogP contribution in [0.5, 0.6) is 11.5 Å². The van der Waals surface area contributed by atoms with Gasteiger partial charge in [-0.3, -0.25) is 4.79 Å². The lowest BCUT2D eigenvalue weighted by atomic mass is 10.2. The Morgan fingerprint density at radius 3 is 2.41 bits per heavy atom. The average Bonchev–Trinajstić information content (AvgIpc) is 2.72. The first-order chi connectivity index (χ1) is 13.2. The quantitative estimate of drug-likeness (QED) is 0.570. The van der Waals surface area contributed by atoms with Crippen LogP contribution in [0.4, 0.5) is 5.69 Å². The fourth-order valence-electron chi connectivity index (χ4n) is 2.47. The van der Waals surface area contributed by atoms with Gasteiger partial charge in [0.05, 0.1) is 0 Å². The molecule has 3 rings (SSSR count). The molecule has 1 amide bonds. The van der Waals surface area contributed by atoms with Crippen LogP contribution in [-0.4, -0.2) is 12.5 Å². The highest BCUT2D eigenvalue weighted by molar-refractivity contribution is 6.04. The third-order valence-corrected chi connectivity index (χ3v) is 3.82. The van der Waals surface area contributed by atoms with Gasteiger partial charge in [0, 0.05) is 17.3 Å². The topological polar surface area (TPSA) is 47.6 Å². The van der Waals surface area contributed by atoms with E-state index >= 15 is 0 Å². The Bertz CT molecular complexity index is 889. The monoisotopic (exact) mass is 359 g/mol. The summed E-state index contributed by atoms with van der Waals surface area (Å²) in [6.07, 6.45) is 1.67. The highest BCUT2D eigenvalue weighted by Gasteiger charge is 2.07. The summed E-state index contributed by atoms with van der Waals surface area (Å²) < 4.78 is 11.2. The number of benzene rings is 3. The van der Waals surface area contributed by atoms with E-state index in [0.29, 0.717) is 30.2 Å². The van der Waals surface area contributed by atoms with Crippen molar-refractivity contribution in [3.8, 4) is 11.5 Å². The first-order valence-electron chi connectivity index (χ1n) is 8.66. The zero-order valence-electron chi connectivity index (χ0n) is 14.9. The Morgan fingerprint density at radius 1 is 0.889 bits per heavy atom. The largest absolute Gasteiger partial charge is 0.489 e. The molecule has 0 heterocycles. The van der Waals surface area contributed by atoms with Crippen molar-refractivity contribution in [3.63, 3.8) is 0 Å². The fourth-order valence-corrected chi connectivity index (χ4v) is 2.47. The number of nitrogens with one attached hydrogen (secondary N) is 1. The molecule has 0 radical (unpaired) electrons. The molecule has 0 saturated heterocycles. The van der Waals surface area contributed by atoms with Gasteiger partial charge < -0.3 is 14.8 Å². The van der Waals surface area contributed by atoms with E-state index in [-0.39, 0.29) is 5.91 Å². The molecule has 0 unspecified atom stereocenters. The van der Waals surface area contributed by atoms with Gasteiger partial charge >= 0.3 is 0 Å². The van der Waals surface area contributed by atoms with Gasteiger partial charge in [0.2, 0.25) is 0 Å². The molecule has 136 valence electrons. The summed E-state index contributed by atoms with van der Waals surface area (Å²) in [6.45, 7) is 4.53. The molecule has 4 nitrogen and oxygen atoms in total. The molecule has 0 spiro atoms. The van der Waals surface area contributed by atoms with Crippen LogP contribution in [-0.2, 0) is 6.61 Å². The molecular formula is C23H21NO3. The van der Waals surface area contributed by atoms with Crippen molar-refractivity contribution in [2.45, 2.75) is 6.61 Å². The first-order valence-corrected chi connectivity index (χ1v) is 8.66. The molecule has 3 aromatic rings. The van der Waals surface area contributed by atoms with Crippen LogP contribution in [0.2, 0.25) is 0 Å². The predicted molar refractivity (Wildman–Crippen MR) is 107 cm³/mol. The second-order valence-corrected chi connectivity index (χ2v) is 5.88. The lowest BCUT2D eigenvalue weighted by Crippen LogP contribution is -2.11. The van der Waals surface area contributed by atoms with Crippen molar-refractivity contribution in [2.24, 2.45) is 0 Å². The summed E-state index contributed by atoms with van der Waals surface area (Å²) in [5, 5.41) is 2.87. The Balaban J connectivity index is 1.58. The number of carbonyl (C=O) groups is 1. The fraction of sp³-hybridized carbons (Fsp3) is 0.0870. The van der Waals surface area contributed by atoms with Gasteiger partial charge in [-0.2, -0.15) is 0 Å². The van der Waals surface area contributed by atoms with Crippen LogP contribution in [0.1, 0.15) is 15.9 Å². The summed E-state index contributed by atoms with van der Waals surface area (Å²) in [5.41, 5.74) is 2.32. The number of hydrogen-bond donors (Lipinski definition) is 1. The minimum atomic E-state index is -0.189. The molecular weight excluding hydrogens is 338 g/mol. The van der Waals surface area contributed by atoms with Crippen LogP contribution in [0, 0.1) is 0 Å². The normalized spacial score (nSPS) is 10.1. The van der Waals surface area contributed by atoms with Crippen LogP contribution in [0.15, 0.2) is 91.5 Å². The van der Waals surface area contributed by atoms with Gasteiger partial charge in [0.1, 0.15) is 24.7 Å². The molecule has 0 aliphatic rings. The van der Waals surface area contributed by atoms with Gasteiger partial charge in [-0.15, -0.1) is 0 Å². The summed E-state index contributed by atoms with van der Waals surface area (Å²) in [5.74, 6) is 1.21. The molecule has 1 N–H and O–H groups in total. The third kappa shape index (κ3) is 5.47. The van der Waals surface area contributed by atoms with Crippen molar-refractivity contribution >= 4 is 11.6 Å². The van der Waals surface area contributed by atoms with Crippen molar-refractivity contribution in [1.82, 2.24) is 0 Å². The molecule has 4 heteroatoms. The van der Waals surface area contributed by atoms with Crippen molar-refractivity contribution < 1.29 is 14.3 Å². The van der Waals surface area contributed by atoms with Crippen molar-refractivity contribution in [2.75, 3.05) is 11.9 Å². The molecule has 0 fully saturated rings. The van der Waals surface area contributed by atoms with Gasteiger partial charge in [0.25, 0.3) is 5.91 Å². The second kappa shape index (κ2) is 9.25. The molecule has 0 aromatic heterocycles. The van der Waals surface area contributed by atoms with E-state index in [1.807, 2.05) is 48.5 Å². The van der Waals surface area contributed by atoms with E-state index in [9.17, 15) is 4.79 Å². The number of hydrogen-bond acceptors (Lipinski definition) is 3. The number of rotatable bonds is 8. The molecule has 0 aliphatic carbocycles.